The molecule has 35 heavy (non-hydrogen) atoms. The standard InChI is InChI=1S/C27H26N2O6/c1-3-34-21-10-5-4-9-20(21)28-22(30)14-35-27(33)16-7-6-8-18(12-16)29-25(31)23-17-11-15(2)19(13-17)24(23)26(29)32/h4-12,17,19,23-24H,3,13-14H2,1-2H3,(H,28,30)/t17-,19+,23-,24+/m0/s1. The second-order valence-electron chi connectivity index (χ2n) is 9.08. The summed E-state index contributed by atoms with van der Waals surface area (Å²) in [6, 6.07) is 13.2. The Bertz CT molecular complexity index is 1250. The molecule has 8 heteroatoms. The third-order valence-corrected chi connectivity index (χ3v) is 7.02. The Labute approximate surface area is 202 Å². The molecule has 0 aromatic heterocycles. The number of allylic oxidation sites excluding steroid dienone is 2. The Morgan fingerprint density at radius 1 is 1.06 bits per heavy atom. The van der Waals surface area contributed by atoms with Crippen molar-refractivity contribution < 1.29 is 28.7 Å². The van der Waals surface area contributed by atoms with Crippen molar-refractivity contribution >= 4 is 35.1 Å². The zero-order valence-corrected chi connectivity index (χ0v) is 19.5. The zero-order chi connectivity index (χ0) is 24.7. The average molecular weight is 475 g/mol. The molecule has 1 saturated carbocycles. The number of benzene rings is 2. The van der Waals surface area contributed by atoms with Crippen LogP contribution in [0.3, 0.4) is 0 Å². The maximum Gasteiger partial charge on any atom is 0.338 e. The van der Waals surface area contributed by atoms with E-state index >= 15 is 0 Å². The van der Waals surface area contributed by atoms with Crippen molar-refractivity contribution in [1.82, 2.24) is 0 Å². The molecule has 2 bridgehead atoms. The first kappa shape index (κ1) is 22.8. The van der Waals surface area contributed by atoms with E-state index in [1.807, 2.05) is 13.8 Å². The summed E-state index contributed by atoms with van der Waals surface area (Å²) in [5.41, 5.74) is 2.15. The predicted molar refractivity (Wildman–Crippen MR) is 128 cm³/mol. The van der Waals surface area contributed by atoms with Crippen LogP contribution in [-0.2, 0) is 19.1 Å². The average Bonchev–Trinajstić information content (AvgIpc) is 3.49. The fourth-order valence-corrected chi connectivity index (χ4v) is 5.55. The summed E-state index contributed by atoms with van der Waals surface area (Å²) in [6.07, 6.45) is 2.97. The lowest BCUT2D eigenvalue weighted by atomic mass is 9.82. The van der Waals surface area contributed by atoms with Gasteiger partial charge in [0, 0.05) is 0 Å². The number of nitrogens with one attached hydrogen (secondary N) is 1. The van der Waals surface area contributed by atoms with Crippen LogP contribution in [-0.4, -0.2) is 36.9 Å². The van der Waals surface area contributed by atoms with E-state index in [9.17, 15) is 19.2 Å². The molecule has 0 unspecified atom stereocenters. The van der Waals surface area contributed by atoms with Gasteiger partial charge in [-0.1, -0.05) is 29.8 Å². The molecular formula is C27H26N2O6. The predicted octanol–water partition coefficient (Wildman–Crippen LogP) is 3.58. The molecule has 1 aliphatic heterocycles. The largest absolute Gasteiger partial charge is 0.492 e. The summed E-state index contributed by atoms with van der Waals surface area (Å²) in [5, 5.41) is 2.67. The summed E-state index contributed by atoms with van der Waals surface area (Å²) in [5.74, 6) is -1.57. The summed E-state index contributed by atoms with van der Waals surface area (Å²) < 4.78 is 10.7. The molecule has 180 valence electrons. The Balaban J connectivity index is 1.24. The molecule has 8 nitrogen and oxygen atoms in total. The second-order valence-corrected chi connectivity index (χ2v) is 9.08. The number of nitrogens with zero attached hydrogens (tertiary/aromatic N) is 1. The van der Waals surface area contributed by atoms with Gasteiger partial charge in [-0.2, -0.15) is 0 Å². The summed E-state index contributed by atoms with van der Waals surface area (Å²) in [7, 11) is 0. The van der Waals surface area contributed by atoms with Crippen molar-refractivity contribution in [1.29, 1.82) is 0 Å². The minimum Gasteiger partial charge on any atom is -0.492 e. The number of hydrogen-bond donors (Lipinski definition) is 1. The van der Waals surface area contributed by atoms with E-state index in [1.165, 1.54) is 22.6 Å². The maximum atomic E-state index is 13.2. The summed E-state index contributed by atoms with van der Waals surface area (Å²) in [6.45, 7) is 3.80. The van der Waals surface area contributed by atoms with Crippen molar-refractivity contribution in [2.75, 3.05) is 23.4 Å². The number of rotatable bonds is 7. The lowest BCUT2D eigenvalue weighted by molar-refractivity contribution is -0.123. The van der Waals surface area contributed by atoms with Crippen molar-refractivity contribution in [2.45, 2.75) is 20.3 Å². The smallest absolute Gasteiger partial charge is 0.338 e. The van der Waals surface area contributed by atoms with Crippen LogP contribution in [0, 0.1) is 23.7 Å². The Hall–Kier alpha value is -3.94. The molecule has 2 aromatic carbocycles. The second kappa shape index (κ2) is 9.02. The van der Waals surface area contributed by atoms with E-state index in [2.05, 4.69) is 11.4 Å². The molecule has 0 radical (unpaired) electrons. The van der Waals surface area contributed by atoms with Crippen LogP contribution < -0.4 is 15.0 Å². The van der Waals surface area contributed by atoms with Gasteiger partial charge in [0.15, 0.2) is 6.61 Å². The first-order chi connectivity index (χ1) is 16.9. The molecular weight excluding hydrogens is 448 g/mol. The number of anilines is 2. The molecule has 1 heterocycles. The third-order valence-electron chi connectivity index (χ3n) is 7.02. The molecule has 5 rings (SSSR count). The lowest BCUT2D eigenvalue weighted by Crippen LogP contribution is -2.33. The molecule has 0 spiro atoms. The molecule has 3 aliphatic rings. The van der Waals surface area contributed by atoms with Gasteiger partial charge in [0.25, 0.3) is 5.91 Å². The number of carbonyl (C=O) groups excluding carboxylic acids is 4. The topological polar surface area (TPSA) is 102 Å². The molecule has 2 fully saturated rings. The summed E-state index contributed by atoms with van der Waals surface area (Å²) >= 11 is 0. The van der Waals surface area contributed by atoms with Crippen LogP contribution in [0.25, 0.3) is 0 Å². The number of esters is 1. The quantitative estimate of drug-likeness (QED) is 0.374. The van der Waals surface area contributed by atoms with Gasteiger partial charge in [0.05, 0.1) is 35.4 Å². The summed E-state index contributed by atoms with van der Waals surface area (Å²) in [4.78, 5) is 52.5. The molecule has 1 saturated heterocycles. The molecule has 2 aliphatic carbocycles. The fourth-order valence-electron chi connectivity index (χ4n) is 5.55. The molecule has 2 aromatic rings. The van der Waals surface area contributed by atoms with Crippen LogP contribution in [0.4, 0.5) is 11.4 Å². The van der Waals surface area contributed by atoms with E-state index in [0.717, 1.165) is 6.42 Å². The van der Waals surface area contributed by atoms with E-state index in [4.69, 9.17) is 9.47 Å². The van der Waals surface area contributed by atoms with Gasteiger partial charge >= 0.3 is 5.97 Å². The number of para-hydroxylation sites is 2. The van der Waals surface area contributed by atoms with Crippen LogP contribution >= 0.6 is 0 Å². The highest BCUT2D eigenvalue weighted by Gasteiger charge is 2.60. The lowest BCUT2D eigenvalue weighted by Gasteiger charge is -2.19. The van der Waals surface area contributed by atoms with Gasteiger partial charge in [0.2, 0.25) is 11.8 Å². The number of fused-ring (bicyclic) bond motifs is 5. The maximum absolute atomic E-state index is 13.2. The Kier molecular flexibility index (Phi) is 5.88. The van der Waals surface area contributed by atoms with Crippen molar-refractivity contribution in [3.63, 3.8) is 0 Å². The van der Waals surface area contributed by atoms with Crippen LogP contribution in [0.1, 0.15) is 30.6 Å². The van der Waals surface area contributed by atoms with E-state index in [1.54, 1.807) is 36.4 Å². The van der Waals surface area contributed by atoms with Gasteiger partial charge in [-0.25, -0.2) is 9.69 Å². The fraction of sp³-hybridized carbons (Fsp3) is 0.333. The molecule has 1 N–H and O–H groups in total. The van der Waals surface area contributed by atoms with Gasteiger partial charge in [-0.05, 0) is 62.4 Å². The van der Waals surface area contributed by atoms with Gasteiger partial charge < -0.3 is 14.8 Å². The minimum absolute atomic E-state index is 0.103. The normalized spacial score (nSPS) is 24.3. The van der Waals surface area contributed by atoms with Crippen LogP contribution in [0.2, 0.25) is 0 Å². The zero-order valence-electron chi connectivity index (χ0n) is 19.5. The van der Waals surface area contributed by atoms with E-state index in [0.29, 0.717) is 23.7 Å². The van der Waals surface area contributed by atoms with Crippen molar-refractivity contribution in [3.05, 3.63) is 65.7 Å². The first-order valence-electron chi connectivity index (χ1n) is 11.7. The third kappa shape index (κ3) is 3.99. The first-order valence-corrected chi connectivity index (χ1v) is 11.7. The van der Waals surface area contributed by atoms with Crippen LogP contribution in [0.15, 0.2) is 60.2 Å². The molecule has 4 atom stereocenters. The highest BCUT2D eigenvalue weighted by atomic mass is 16.5. The van der Waals surface area contributed by atoms with Gasteiger partial charge in [0.1, 0.15) is 5.75 Å². The Morgan fingerprint density at radius 3 is 2.63 bits per heavy atom. The number of carbonyl (C=O) groups is 4. The van der Waals surface area contributed by atoms with Gasteiger partial charge in [-0.15, -0.1) is 0 Å². The van der Waals surface area contributed by atoms with Crippen LogP contribution in [0.5, 0.6) is 5.75 Å². The molecule has 3 amide bonds. The highest BCUT2D eigenvalue weighted by molar-refractivity contribution is 6.23. The van der Waals surface area contributed by atoms with E-state index in [-0.39, 0.29) is 41.0 Å². The Morgan fingerprint density at radius 2 is 1.83 bits per heavy atom. The number of imide groups is 1. The van der Waals surface area contributed by atoms with Crippen molar-refractivity contribution in [2.24, 2.45) is 23.7 Å². The SMILES string of the molecule is CCOc1ccccc1NC(=O)COC(=O)c1cccc(N2C(=O)[C@@H]3[C@H](C2=O)[C@@H]2C[C@@H]3C=C2C)c1. The highest BCUT2D eigenvalue weighted by Crippen LogP contribution is 2.55. The van der Waals surface area contributed by atoms with Gasteiger partial charge in [-0.3, -0.25) is 14.4 Å². The monoisotopic (exact) mass is 474 g/mol. The minimum atomic E-state index is -0.725. The van der Waals surface area contributed by atoms with E-state index < -0.39 is 18.5 Å². The number of amides is 3. The van der Waals surface area contributed by atoms with Crippen molar-refractivity contribution in [3.8, 4) is 5.75 Å². The number of hydrogen-bond acceptors (Lipinski definition) is 6. The number of ether oxygens (including phenoxy) is 2.